The van der Waals surface area contributed by atoms with Crippen molar-refractivity contribution in [1.82, 2.24) is 9.78 Å². The SMILES string of the molecule is COc1ccc(S(=O)(=O)Nc2nn(Cc3ccc(Cl)cc3Cl)cc2Cl)cc1. The molecule has 0 unspecified atom stereocenters. The van der Waals surface area contributed by atoms with Crippen molar-refractivity contribution in [3.63, 3.8) is 0 Å². The zero-order valence-electron chi connectivity index (χ0n) is 14.0. The summed E-state index contributed by atoms with van der Waals surface area (Å²) in [6, 6.07) is 11.1. The number of aromatic nitrogens is 2. The number of anilines is 1. The second kappa shape index (κ2) is 7.98. The molecular formula is C17H14Cl3N3O3S. The lowest BCUT2D eigenvalue weighted by atomic mass is 10.2. The lowest BCUT2D eigenvalue weighted by Crippen LogP contribution is -2.14. The quantitative estimate of drug-likeness (QED) is 0.595. The molecule has 0 saturated carbocycles. The summed E-state index contributed by atoms with van der Waals surface area (Å²) in [6.07, 6.45) is 1.51. The van der Waals surface area contributed by atoms with Crippen LogP contribution in [0.2, 0.25) is 15.1 Å². The number of methoxy groups -OCH3 is 1. The molecule has 0 amide bonds. The minimum absolute atomic E-state index is 0.0255. The third kappa shape index (κ3) is 4.68. The first-order valence-electron chi connectivity index (χ1n) is 7.62. The van der Waals surface area contributed by atoms with E-state index in [0.29, 0.717) is 22.3 Å². The van der Waals surface area contributed by atoms with Crippen LogP contribution in [0.15, 0.2) is 53.6 Å². The van der Waals surface area contributed by atoms with Crippen molar-refractivity contribution < 1.29 is 13.2 Å². The number of sulfonamides is 1. The van der Waals surface area contributed by atoms with E-state index in [1.165, 1.54) is 30.1 Å². The summed E-state index contributed by atoms with van der Waals surface area (Å²) in [5.74, 6) is 0.577. The van der Waals surface area contributed by atoms with E-state index < -0.39 is 10.0 Å². The van der Waals surface area contributed by atoms with E-state index in [1.54, 1.807) is 30.3 Å². The third-order valence-electron chi connectivity index (χ3n) is 3.67. The van der Waals surface area contributed by atoms with E-state index >= 15 is 0 Å². The minimum Gasteiger partial charge on any atom is -0.497 e. The van der Waals surface area contributed by atoms with Gasteiger partial charge >= 0.3 is 0 Å². The Morgan fingerprint density at radius 2 is 1.78 bits per heavy atom. The van der Waals surface area contributed by atoms with Gasteiger partial charge in [0.15, 0.2) is 5.82 Å². The highest BCUT2D eigenvalue weighted by molar-refractivity contribution is 7.92. The molecule has 0 aliphatic rings. The predicted octanol–water partition coefficient (Wildman–Crippen LogP) is 4.70. The van der Waals surface area contributed by atoms with Gasteiger partial charge in [0.05, 0.1) is 18.6 Å². The summed E-state index contributed by atoms with van der Waals surface area (Å²) in [6.45, 7) is 0.306. The Kier molecular flexibility index (Phi) is 5.86. The standard InChI is InChI=1S/C17H14Cl3N3O3S/c1-26-13-4-6-14(7-5-13)27(24,25)22-17-16(20)10-23(21-17)9-11-2-3-12(18)8-15(11)19/h2-8,10H,9H2,1H3,(H,21,22). The van der Waals surface area contributed by atoms with E-state index in [9.17, 15) is 8.42 Å². The topological polar surface area (TPSA) is 73.2 Å². The fourth-order valence-corrected chi connectivity index (χ4v) is 4.05. The Balaban J connectivity index is 1.81. The molecule has 0 saturated heterocycles. The van der Waals surface area contributed by atoms with Gasteiger partial charge in [-0.2, -0.15) is 5.10 Å². The molecule has 0 radical (unpaired) electrons. The van der Waals surface area contributed by atoms with Crippen LogP contribution in [-0.4, -0.2) is 25.3 Å². The highest BCUT2D eigenvalue weighted by Gasteiger charge is 2.18. The van der Waals surface area contributed by atoms with E-state index in [1.807, 2.05) is 0 Å². The molecule has 1 heterocycles. The van der Waals surface area contributed by atoms with E-state index in [0.717, 1.165) is 5.56 Å². The maximum absolute atomic E-state index is 12.5. The van der Waals surface area contributed by atoms with Crippen LogP contribution in [-0.2, 0) is 16.6 Å². The van der Waals surface area contributed by atoms with E-state index in [2.05, 4.69) is 9.82 Å². The Hall–Kier alpha value is -1.93. The fourth-order valence-electron chi connectivity index (χ4n) is 2.31. The van der Waals surface area contributed by atoms with Gasteiger partial charge in [0.25, 0.3) is 10.0 Å². The highest BCUT2D eigenvalue weighted by atomic mass is 35.5. The molecule has 0 bridgehead atoms. The van der Waals surface area contributed by atoms with Crippen LogP contribution in [0.3, 0.4) is 0 Å². The molecule has 0 aliphatic carbocycles. The molecule has 10 heteroatoms. The van der Waals surface area contributed by atoms with Gasteiger partial charge in [0.1, 0.15) is 10.8 Å². The molecular weight excluding hydrogens is 433 g/mol. The second-order valence-corrected chi connectivity index (χ2v) is 8.47. The molecule has 1 N–H and O–H groups in total. The van der Waals surface area contributed by atoms with Crippen molar-refractivity contribution in [2.24, 2.45) is 0 Å². The van der Waals surface area contributed by atoms with Crippen molar-refractivity contribution in [3.8, 4) is 5.75 Å². The second-order valence-electron chi connectivity index (χ2n) is 5.54. The van der Waals surface area contributed by atoms with Crippen LogP contribution in [0.25, 0.3) is 0 Å². The molecule has 142 valence electrons. The number of hydrogen-bond donors (Lipinski definition) is 1. The molecule has 6 nitrogen and oxygen atoms in total. The summed E-state index contributed by atoms with van der Waals surface area (Å²) >= 11 is 18.2. The molecule has 0 aliphatic heterocycles. The molecule has 1 aromatic heterocycles. The Morgan fingerprint density at radius 1 is 1.07 bits per heavy atom. The van der Waals surface area contributed by atoms with Gasteiger partial charge in [-0.15, -0.1) is 0 Å². The number of nitrogens with zero attached hydrogens (tertiary/aromatic N) is 2. The summed E-state index contributed by atoms with van der Waals surface area (Å²) in [5, 5.41) is 5.36. The summed E-state index contributed by atoms with van der Waals surface area (Å²) in [7, 11) is -2.34. The van der Waals surface area contributed by atoms with E-state index in [4.69, 9.17) is 39.5 Å². The number of rotatable bonds is 6. The lowest BCUT2D eigenvalue weighted by Gasteiger charge is -2.07. The average molecular weight is 447 g/mol. The first-order valence-corrected chi connectivity index (χ1v) is 10.2. The van der Waals surface area contributed by atoms with Crippen LogP contribution in [0.4, 0.5) is 5.82 Å². The summed E-state index contributed by atoms with van der Waals surface area (Å²) in [4.78, 5) is 0.0645. The minimum atomic E-state index is -3.84. The van der Waals surface area contributed by atoms with Crippen LogP contribution < -0.4 is 9.46 Å². The van der Waals surface area contributed by atoms with Crippen molar-refractivity contribution in [1.29, 1.82) is 0 Å². The van der Waals surface area contributed by atoms with E-state index in [-0.39, 0.29) is 15.7 Å². The molecule has 2 aromatic carbocycles. The van der Waals surface area contributed by atoms with Gasteiger partial charge in [-0.05, 0) is 42.0 Å². The number of ether oxygens (including phenoxy) is 1. The highest BCUT2D eigenvalue weighted by Crippen LogP contribution is 2.26. The number of nitrogens with one attached hydrogen (secondary N) is 1. The number of benzene rings is 2. The summed E-state index contributed by atoms with van der Waals surface area (Å²) in [5.41, 5.74) is 0.768. The zero-order chi connectivity index (χ0) is 19.6. The van der Waals surface area contributed by atoms with Gasteiger partial charge in [0, 0.05) is 16.2 Å². The van der Waals surface area contributed by atoms with Gasteiger partial charge in [-0.1, -0.05) is 40.9 Å². The Labute approximate surface area is 171 Å². The monoisotopic (exact) mass is 445 g/mol. The lowest BCUT2D eigenvalue weighted by molar-refractivity contribution is 0.414. The molecule has 0 spiro atoms. The molecule has 0 atom stereocenters. The maximum atomic E-state index is 12.5. The van der Waals surface area contributed by atoms with Crippen LogP contribution in [0, 0.1) is 0 Å². The first kappa shape index (κ1) is 19.8. The maximum Gasteiger partial charge on any atom is 0.263 e. The first-order chi connectivity index (χ1) is 12.8. The largest absolute Gasteiger partial charge is 0.497 e. The Bertz CT molecular complexity index is 1070. The van der Waals surface area contributed by atoms with Gasteiger partial charge < -0.3 is 4.74 Å². The molecule has 27 heavy (non-hydrogen) atoms. The molecule has 0 fully saturated rings. The zero-order valence-corrected chi connectivity index (χ0v) is 17.1. The van der Waals surface area contributed by atoms with Crippen LogP contribution in [0.5, 0.6) is 5.75 Å². The number of hydrogen-bond acceptors (Lipinski definition) is 4. The number of halogens is 3. The van der Waals surface area contributed by atoms with Crippen molar-refractivity contribution >= 4 is 50.6 Å². The average Bonchev–Trinajstić information content (AvgIpc) is 2.96. The predicted molar refractivity (Wildman–Crippen MR) is 107 cm³/mol. The van der Waals surface area contributed by atoms with Crippen molar-refractivity contribution in [2.45, 2.75) is 11.4 Å². The van der Waals surface area contributed by atoms with Crippen LogP contribution in [0.1, 0.15) is 5.56 Å². The smallest absolute Gasteiger partial charge is 0.263 e. The third-order valence-corrected chi connectivity index (χ3v) is 5.88. The normalized spacial score (nSPS) is 11.4. The van der Waals surface area contributed by atoms with Crippen molar-refractivity contribution in [2.75, 3.05) is 11.8 Å². The van der Waals surface area contributed by atoms with Gasteiger partial charge in [-0.3, -0.25) is 9.40 Å². The molecule has 3 rings (SSSR count). The van der Waals surface area contributed by atoms with Gasteiger partial charge in [0.2, 0.25) is 0 Å². The summed E-state index contributed by atoms with van der Waals surface area (Å²) < 4.78 is 33.9. The fraction of sp³-hybridized carbons (Fsp3) is 0.118. The van der Waals surface area contributed by atoms with Crippen molar-refractivity contribution in [3.05, 3.63) is 69.3 Å². The molecule has 3 aromatic rings. The Morgan fingerprint density at radius 3 is 2.41 bits per heavy atom. The van der Waals surface area contributed by atoms with Gasteiger partial charge in [-0.25, -0.2) is 8.42 Å². The van der Waals surface area contributed by atoms with Crippen LogP contribution >= 0.6 is 34.8 Å².